The maximum absolute atomic E-state index is 9.69. The van der Waals surface area contributed by atoms with Crippen LogP contribution < -0.4 is 4.74 Å². The molecule has 3 heteroatoms. The first kappa shape index (κ1) is 12.8. The summed E-state index contributed by atoms with van der Waals surface area (Å²) >= 11 is 0. The van der Waals surface area contributed by atoms with E-state index in [2.05, 4.69) is 4.98 Å². The van der Waals surface area contributed by atoms with E-state index in [1.807, 2.05) is 44.2 Å². The molecule has 0 aliphatic heterocycles. The van der Waals surface area contributed by atoms with E-state index in [9.17, 15) is 5.11 Å². The molecule has 0 amide bonds. The number of aryl methyl sites for hydroxylation is 1. The molecule has 0 spiro atoms. The van der Waals surface area contributed by atoms with Crippen molar-refractivity contribution >= 4 is 10.9 Å². The number of pyridine rings is 1. The molecule has 1 aromatic heterocycles. The van der Waals surface area contributed by atoms with Crippen LogP contribution in [0.1, 0.15) is 25.5 Å². The highest BCUT2D eigenvalue weighted by Gasteiger charge is 2.07. The zero-order valence-corrected chi connectivity index (χ0v) is 10.9. The molecule has 2 aromatic rings. The van der Waals surface area contributed by atoms with Crippen molar-refractivity contribution in [2.75, 3.05) is 6.61 Å². The highest BCUT2D eigenvalue weighted by molar-refractivity contribution is 5.84. The number of ether oxygens (including phenoxy) is 1. The highest BCUT2D eigenvalue weighted by Crippen LogP contribution is 2.24. The molecule has 3 nitrogen and oxygen atoms in total. The van der Waals surface area contributed by atoms with Crippen molar-refractivity contribution in [3.8, 4) is 5.75 Å². The van der Waals surface area contributed by atoms with Crippen LogP contribution in [0.25, 0.3) is 10.9 Å². The van der Waals surface area contributed by atoms with E-state index in [-0.39, 0.29) is 0 Å². The summed E-state index contributed by atoms with van der Waals surface area (Å²) in [5, 5.41) is 10.8. The predicted molar refractivity (Wildman–Crippen MR) is 72.9 cm³/mol. The van der Waals surface area contributed by atoms with Crippen LogP contribution in [0.2, 0.25) is 0 Å². The second-order valence-electron chi connectivity index (χ2n) is 4.53. The second kappa shape index (κ2) is 5.83. The van der Waals surface area contributed by atoms with Crippen molar-refractivity contribution in [3.05, 3.63) is 36.0 Å². The largest absolute Gasteiger partial charge is 0.489 e. The van der Waals surface area contributed by atoms with Crippen LogP contribution in [0, 0.1) is 6.92 Å². The molecule has 1 N–H and O–H groups in total. The molecule has 0 fully saturated rings. The Balaban J connectivity index is 2.19. The van der Waals surface area contributed by atoms with Gasteiger partial charge < -0.3 is 9.84 Å². The Morgan fingerprint density at radius 3 is 2.89 bits per heavy atom. The fraction of sp³-hybridized carbons (Fsp3) is 0.400. The Labute approximate surface area is 107 Å². The molecule has 18 heavy (non-hydrogen) atoms. The van der Waals surface area contributed by atoms with Gasteiger partial charge in [-0.05, 0) is 25.5 Å². The van der Waals surface area contributed by atoms with Crippen molar-refractivity contribution in [1.82, 2.24) is 4.98 Å². The van der Waals surface area contributed by atoms with E-state index in [4.69, 9.17) is 4.74 Å². The summed E-state index contributed by atoms with van der Waals surface area (Å²) in [6.45, 7) is 4.33. The average Bonchev–Trinajstić information content (AvgIpc) is 2.36. The van der Waals surface area contributed by atoms with Crippen LogP contribution in [0.4, 0.5) is 0 Å². The van der Waals surface area contributed by atoms with Gasteiger partial charge in [0.05, 0.1) is 6.10 Å². The minimum absolute atomic E-state index is 0.322. The molecule has 0 saturated carbocycles. The van der Waals surface area contributed by atoms with E-state index >= 15 is 0 Å². The summed E-state index contributed by atoms with van der Waals surface area (Å²) in [5.74, 6) is 0.742. The molecule has 1 atom stereocenters. The average molecular weight is 245 g/mol. The van der Waals surface area contributed by atoms with Gasteiger partial charge in [-0.2, -0.15) is 0 Å². The topological polar surface area (TPSA) is 42.4 Å². The number of aliphatic hydroxyl groups excluding tert-OH is 1. The summed E-state index contributed by atoms with van der Waals surface area (Å²) in [5.41, 5.74) is 1.83. The Morgan fingerprint density at radius 1 is 1.28 bits per heavy atom. The van der Waals surface area contributed by atoms with Gasteiger partial charge in [0.15, 0.2) is 0 Å². The minimum atomic E-state index is -0.407. The third kappa shape index (κ3) is 2.99. The number of aromatic nitrogens is 1. The normalized spacial score (nSPS) is 12.6. The van der Waals surface area contributed by atoms with E-state index in [0.717, 1.165) is 35.2 Å². The summed E-state index contributed by atoms with van der Waals surface area (Å²) in [6, 6.07) is 9.87. The van der Waals surface area contributed by atoms with E-state index in [1.54, 1.807) is 0 Å². The second-order valence-corrected chi connectivity index (χ2v) is 4.53. The summed E-state index contributed by atoms with van der Waals surface area (Å²) < 4.78 is 5.68. The van der Waals surface area contributed by atoms with Crippen LogP contribution >= 0.6 is 0 Å². The molecule has 0 bridgehead atoms. The van der Waals surface area contributed by atoms with Gasteiger partial charge >= 0.3 is 0 Å². The number of hydrogen-bond donors (Lipinski definition) is 1. The third-order valence-electron chi connectivity index (χ3n) is 2.88. The lowest BCUT2D eigenvalue weighted by atomic mass is 10.2. The molecule has 0 saturated heterocycles. The van der Waals surface area contributed by atoms with Crippen LogP contribution in [-0.2, 0) is 0 Å². The van der Waals surface area contributed by atoms with Crippen molar-refractivity contribution < 1.29 is 9.84 Å². The van der Waals surface area contributed by atoms with Gasteiger partial charge in [0, 0.05) is 11.1 Å². The fourth-order valence-corrected chi connectivity index (χ4v) is 1.94. The maximum Gasteiger partial charge on any atom is 0.145 e. The number of hydrogen-bond acceptors (Lipinski definition) is 3. The number of fused-ring (bicyclic) bond motifs is 1. The number of nitrogens with zero attached hydrogens (tertiary/aromatic N) is 1. The van der Waals surface area contributed by atoms with Gasteiger partial charge in [0.25, 0.3) is 0 Å². The summed E-state index contributed by atoms with van der Waals surface area (Å²) in [4.78, 5) is 4.49. The lowest BCUT2D eigenvalue weighted by molar-refractivity contribution is 0.100. The van der Waals surface area contributed by atoms with Gasteiger partial charge in [-0.25, -0.2) is 4.98 Å². The Morgan fingerprint density at radius 2 is 2.11 bits per heavy atom. The van der Waals surface area contributed by atoms with Crippen molar-refractivity contribution in [3.63, 3.8) is 0 Å². The first-order valence-corrected chi connectivity index (χ1v) is 6.38. The SMILES string of the molecule is CCCC(O)COc1cccc2ccc(C)nc12. The molecular weight excluding hydrogens is 226 g/mol. The Bertz CT molecular complexity index is 525. The van der Waals surface area contributed by atoms with Crippen molar-refractivity contribution in [1.29, 1.82) is 0 Å². The molecule has 96 valence electrons. The van der Waals surface area contributed by atoms with Gasteiger partial charge in [-0.15, -0.1) is 0 Å². The minimum Gasteiger partial charge on any atom is -0.489 e. The molecule has 0 aliphatic rings. The lowest BCUT2D eigenvalue weighted by Crippen LogP contribution is -2.17. The Kier molecular flexibility index (Phi) is 4.15. The van der Waals surface area contributed by atoms with Crippen molar-refractivity contribution in [2.24, 2.45) is 0 Å². The number of para-hydroxylation sites is 1. The zero-order valence-electron chi connectivity index (χ0n) is 10.9. The third-order valence-corrected chi connectivity index (χ3v) is 2.88. The number of benzene rings is 1. The monoisotopic (exact) mass is 245 g/mol. The first-order chi connectivity index (χ1) is 8.70. The summed E-state index contributed by atoms with van der Waals surface area (Å²) in [7, 11) is 0. The van der Waals surface area contributed by atoms with E-state index < -0.39 is 6.10 Å². The standard InChI is InChI=1S/C15H19NO2/c1-3-5-13(17)10-18-14-7-4-6-12-9-8-11(2)16-15(12)14/h4,6-9,13,17H,3,5,10H2,1-2H3. The quantitative estimate of drug-likeness (QED) is 0.880. The zero-order chi connectivity index (χ0) is 13.0. The van der Waals surface area contributed by atoms with Gasteiger partial charge in [0.1, 0.15) is 17.9 Å². The smallest absolute Gasteiger partial charge is 0.145 e. The number of aliphatic hydroxyl groups is 1. The molecule has 1 heterocycles. The Hall–Kier alpha value is -1.61. The number of rotatable bonds is 5. The molecule has 0 radical (unpaired) electrons. The van der Waals surface area contributed by atoms with Crippen LogP contribution in [0.15, 0.2) is 30.3 Å². The lowest BCUT2D eigenvalue weighted by Gasteiger charge is -2.12. The molecule has 1 aromatic carbocycles. The van der Waals surface area contributed by atoms with Crippen LogP contribution in [-0.4, -0.2) is 22.8 Å². The van der Waals surface area contributed by atoms with E-state index in [0.29, 0.717) is 6.61 Å². The highest BCUT2D eigenvalue weighted by atomic mass is 16.5. The van der Waals surface area contributed by atoms with Crippen LogP contribution in [0.3, 0.4) is 0 Å². The van der Waals surface area contributed by atoms with E-state index in [1.165, 1.54) is 0 Å². The van der Waals surface area contributed by atoms with Crippen molar-refractivity contribution in [2.45, 2.75) is 32.8 Å². The fourth-order valence-electron chi connectivity index (χ4n) is 1.94. The molecular formula is C15H19NO2. The molecule has 1 unspecified atom stereocenters. The van der Waals surface area contributed by atoms with Gasteiger partial charge in [-0.3, -0.25) is 0 Å². The first-order valence-electron chi connectivity index (χ1n) is 6.38. The van der Waals surface area contributed by atoms with Gasteiger partial charge in [-0.1, -0.05) is 31.5 Å². The van der Waals surface area contributed by atoms with Crippen LogP contribution in [0.5, 0.6) is 5.75 Å². The van der Waals surface area contributed by atoms with Gasteiger partial charge in [0.2, 0.25) is 0 Å². The molecule has 0 aliphatic carbocycles. The summed E-state index contributed by atoms with van der Waals surface area (Å²) in [6.07, 6.45) is 1.31. The maximum atomic E-state index is 9.69. The predicted octanol–water partition coefficient (Wildman–Crippen LogP) is 3.08. The molecule has 2 rings (SSSR count).